The quantitative estimate of drug-likeness (QED) is 0.303. The maximum Gasteiger partial charge on any atom is 0.342 e. The van der Waals surface area contributed by atoms with Gasteiger partial charge in [-0.2, -0.15) is 9.78 Å². The summed E-state index contributed by atoms with van der Waals surface area (Å²) in [4.78, 5) is 19.1. The predicted molar refractivity (Wildman–Crippen MR) is 159 cm³/mol. The lowest BCUT2D eigenvalue weighted by atomic mass is 9.95. The molecule has 0 bridgehead atoms. The summed E-state index contributed by atoms with van der Waals surface area (Å²) in [5.41, 5.74) is 7.60. The van der Waals surface area contributed by atoms with E-state index < -0.39 is 5.97 Å². The van der Waals surface area contributed by atoms with E-state index in [2.05, 4.69) is 40.3 Å². The van der Waals surface area contributed by atoms with Gasteiger partial charge in [0.05, 0.1) is 19.0 Å². The first-order valence-corrected chi connectivity index (χ1v) is 14.4. The number of fused-ring (bicyclic) bond motifs is 1. The molecule has 2 aromatic heterocycles. The van der Waals surface area contributed by atoms with Crippen LogP contribution in [0.5, 0.6) is 11.6 Å². The van der Waals surface area contributed by atoms with Gasteiger partial charge in [0, 0.05) is 37.9 Å². The van der Waals surface area contributed by atoms with E-state index >= 15 is 0 Å². The molecular formula is C33H36N4O5. The molecule has 0 saturated carbocycles. The number of aromatic nitrogens is 3. The molecule has 1 N–H and O–H groups in total. The van der Waals surface area contributed by atoms with Crippen LogP contribution in [0.25, 0.3) is 17.1 Å². The summed E-state index contributed by atoms with van der Waals surface area (Å²) in [6.45, 7) is 8.36. The van der Waals surface area contributed by atoms with E-state index in [4.69, 9.17) is 19.2 Å². The van der Waals surface area contributed by atoms with Crippen LogP contribution in [0, 0.1) is 13.8 Å². The summed E-state index contributed by atoms with van der Waals surface area (Å²) in [7, 11) is 1.42. The molecule has 0 aliphatic carbocycles. The highest BCUT2D eigenvalue weighted by Crippen LogP contribution is 2.35. The van der Waals surface area contributed by atoms with Crippen molar-refractivity contribution in [3.8, 4) is 28.7 Å². The Morgan fingerprint density at radius 1 is 1.10 bits per heavy atom. The van der Waals surface area contributed by atoms with Gasteiger partial charge in [-0.1, -0.05) is 30.3 Å². The highest BCUT2D eigenvalue weighted by Gasteiger charge is 2.25. The molecule has 0 unspecified atom stereocenters. The Morgan fingerprint density at radius 3 is 2.71 bits per heavy atom. The third-order valence-electron chi connectivity index (χ3n) is 8.20. The van der Waals surface area contributed by atoms with Gasteiger partial charge in [-0.05, 0) is 79.1 Å². The summed E-state index contributed by atoms with van der Waals surface area (Å²) in [6, 6.07) is 17.1. The van der Waals surface area contributed by atoms with Crippen LogP contribution in [0.1, 0.15) is 51.0 Å². The molecule has 2 aromatic carbocycles. The second-order valence-electron chi connectivity index (χ2n) is 11.1. The lowest BCUT2D eigenvalue weighted by Gasteiger charge is -2.37. The number of pyridine rings is 1. The van der Waals surface area contributed by atoms with E-state index in [9.17, 15) is 9.90 Å². The third kappa shape index (κ3) is 5.62. The van der Waals surface area contributed by atoms with Crippen molar-refractivity contribution in [3.63, 3.8) is 0 Å². The number of aryl methyl sites for hydroxylation is 2. The van der Waals surface area contributed by atoms with Crippen molar-refractivity contribution in [2.75, 3.05) is 26.9 Å². The minimum absolute atomic E-state index is 0.0264. The topological polar surface area (TPSA) is 98.9 Å². The summed E-state index contributed by atoms with van der Waals surface area (Å²) in [5, 5.41) is 13.7. The number of ether oxygens (including phenoxy) is 3. The number of hydrogen-bond acceptors (Lipinski definition) is 7. The molecule has 218 valence electrons. The molecule has 0 amide bonds. The minimum atomic E-state index is -1.11. The standard InChI is InChI=1S/C33H36N4O5/c1-21-15-22(2)31(27(16-21)29-5-4-6-30(35-29)37-32(40-3)28(18-34-37)33(38)39)42-20-23-7-8-25-19-36(12-9-24(25)17-23)26-10-13-41-14-11-26/h4-8,15-18,26H,9-14,19-20H2,1-3H3,(H,38,39). The molecule has 0 radical (unpaired) electrons. The molecule has 42 heavy (non-hydrogen) atoms. The Morgan fingerprint density at radius 2 is 1.93 bits per heavy atom. The van der Waals surface area contributed by atoms with Gasteiger partial charge < -0.3 is 19.3 Å². The van der Waals surface area contributed by atoms with Crippen LogP contribution >= 0.6 is 0 Å². The lowest BCUT2D eigenvalue weighted by molar-refractivity contribution is 0.0290. The third-order valence-corrected chi connectivity index (χ3v) is 8.20. The SMILES string of the molecule is COc1c(C(=O)O)cnn1-c1cccc(-c2cc(C)cc(C)c2OCc2ccc3c(c2)CCN(C2CCOCC2)C3)n1. The highest BCUT2D eigenvalue weighted by molar-refractivity contribution is 5.90. The highest BCUT2D eigenvalue weighted by atomic mass is 16.5. The molecular weight excluding hydrogens is 532 g/mol. The Balaban J connectivity index is 1.24. The molecule has 0 spiro atoms. The van der Waals surface area contributed by atoms with Crippen molar-refractivity contribution in [2.45, 2.75) is 52.3 Å². The van der Waals surface area contributed by atoms with Gasteiger partial charge in [-0.15, -0.1) is 0 Å². The number of methoxy groups -OCH3 is 1. The van der Waals surface area contributed by atoms with Crippen LogP contribution in [-0.4, -0.2) is 63.7 Å². The molecule has 4 heterocycles. The van der Waals surface area contributed by atoms with E-state index in [1.807, 2.05) is 26.0 Å². The average molecular weight is 569 g/mol. The van der Waals surface area contributed by atoms with Crippen LogP contribution < -0.4 is 9.47 Å². The zero-order valence-electron chi connectivity index (χ0n) is 24.3. The maximum absolute atomic E-state index is 11.6. The number of benzene rings is 2. The van der Waals surface area contributed by atoms with E-state index in [0.29, 0.717) is 24.2 Å². The van der Waals surface area contributed by atoms with Crippen molar-refractivity contribution in [2.24, 2.45) is 0 Å². The van der Waals surface area contributed by atoms with Gasteiger partial charge in [0.1, 0.15) is 17.9 Å². The fourth-order valence-corrected chi connectivity index (χ4v) is 6.11. The summed E-state index contributed by atoms with van der Waals surface area (Å²) in [5.74, 6) is 0.226. The Hall–Kier alpha value is -4.21. The van der Waals surface area contributed by atoms with Crippen molar-refractivity contribution in [1.82, 2.24) is 19.7 Å². The van der Waals surface area contributed by atoms with E-state index in [1.54, 1.807) is 6.07 Å². The number of nitrogens with zero attached hydrogens (tertiary/aromatic N) is 4. The minimum Gasteiger partial charge on any atom is -0.488 e. The van der Waals surface area contributed by atoms with E-state index in [0.717, 1.165) is 73.6 Å². The van der Waals surface area contributed by atoms with Crippen LogP contribution in [-0.2, 0) is 24.3 Å². The van der Waals surface area contributed by atoms with Crippen LogP contribution in [0.2, 0.25) is 0 Å². The van der Waals surface area contributed by atoms with Gasteiger partial charge in [-0.25, -0.2) is 9.78 Å². The molecule has 1 saturated heterocycles. The molecule has 4 aromatic rings. The molecule has 9 heteroatoms. The van der Waals surface area contributed by atoms with Gasteiger partial charge >= 0.3 is 5.97 Å². The average Bonchev–Trinajstić information content (AvgIpc) is 3.45. The number of carbonyl (C=O) groups is 1. The zero-order chi connectivity index (χ0) is 29.2. The maximum atomic E-state index is 11.6. The Kier molecular flexibility index (Phi) is 7.95. The summed E-state index contributed by atoms with van der Waals surface area (Å²) in [6.07, 6.45) is 4.56. The molecule has 2 aliphatic heterocycles. The zero-order valence-corrected chi connectivity index (χ0v) is 24.3. The smallest absolute Gasteiger partial charge is 0.342 e. The number of carboxylic acids is 1. The Labute approximate surface area is 245 Å². The van der Waals surface area contributed by atoms with Crippen molar-refractivity contribution in [1.29, 1.82) is 0 Å². The molecule has 1 fully saturated rings. The molecule has 6 rings (SSSR count). The predicted octanol–water partition coefficient (Wildman–Crippen LogP) is 5.37. The fraction of sp³-hybridized carbons (Fsp3) is 0.364. The van der Waals surface area contributed by atoms with Crippen molar-refractivity contribution < 1.29 is 24.1 Å². The van der Waals surface area contributed by atoms with Crippen LogP contribution in [0.15, 0.2) is 54.7 Å². The summed E-state index contributed by atoms with van der Waals surface area (Å²) < 4.78 is 18.8. The van der Waals surface area contributed by atoms with E-state index in [1.165, 1.54) is 29.1 Å². The van der Waals surface area contributed by atoms with Gasteiger partial charge in [0.2, 0.25) is 5.88 Å². The van der Waals surface area contributed by atoms with Crippen LogP contribution in [0.4, 0.5) is 0 Å². The first kappa shape index (κ1) is 27.9. The van der Waals surface area contributed by atoms with E-state index in [-0.39, 0.29) is 11.4 Å². The first-order chi connectivity index (χ1) is 20.4. The fourth-order valence-electron chi connectivity index (χ4n) is 6.11. The molecule has 9 nitrogen and oxygen atoms in total. The normalized spacial score (nSPS) is 15.8. The van der Waals surface area contributed by atoms with Crippen LogP contribution in [0.3, 0.4) is 0 Å². The number of carboxylic acid groups (broad SMARTS) is 1. The first-order valence-electron chi connectivity index (χ1n) is 14.4. The largest absolute Gasteiger partial charge is 0.488 e. The van der Waals surface area contributed by atoms with Gasteiger partial charge in [-0.3, -0.25) is 4.90 Å². The second-order valence-corrected chi connectivity index (χ2v) is 11.1. The monoisotopic (exact) mass is 568 g/mol. The molecule has 2 aliphatic rings. The van der Waals surface area contributed by atoms with Crippen molar-refractivity contribution >= 4 is 5.97 Å². The van der Waals surface area contributed by atoms with Crippen molar-refractivity contribution in [3.05, 3.63) is 88.1 Å². The number of aromatic carboxylic acids is 1. The van der Waals surface area contributed by atoms with Gasteiger partial charge in [0.15, 0.2) is 5.82 Å². The second kappa shape index (κ2) is 12.0. The van der Waals surface area contributed by atoms with Gasteiger partial charge in [0.25, 0.3) is 0 Å². The number of hydrogen-bond donors (Lipinski definition) is 1. The number of rotatable bonds is 8. The lowest BCUT2D eigenvalue weighted by Crippen LogP contribution is -2.42. The summed E-state index contributed by atoms with van der Waals surface area (Å²) >= 11 is 0. The Bertz CT molecular complexity index is 1610. The molecule has 0 atom stereocenters.